The number of nitrogens with zero attached hydrogens (tertiary/aromatic N) is 2. The lowest BCUT2D eigenvalue weighted by Gasteiger charge is -2.24. The highest BCUT2D eigenvalue weighted by Gasteiger charge is 2.26. The Morgan fingerprint density at radius 3 is 2.27 bits per heavy atom. The molecule has 0 saturated carbocycles. The summed E-state index contributed by atoms with van der Waals surface area (Å²) in [6, 6.07) is 17.3. The van der Waals surface area contributed by atoms with Gasteiger partial charge in [0.2, 0.25) is 10.0 Å². The minimum absolute atomic E-state index is 0.0650. The molecule has 0 amide bonds. The summed E-state index contributed by atoms with van der Waals surface area (Å²) in [5.74, 6) is 0. The number of aliphatic hydroxyl groups is 1. The van der Waals surface area contributed by atoms with Crippen LogP contribution in [0.25, 0.3) is 11.1 Å². The molecule has 0 saturated heterocycles. The van der Waals surface area contributed by atoms with Crippen LogP contribution in [0.15, 0.2) is 71.9 Å². The third-order valence-electron chi connectivity index (χ3n) is 4.21. The first-order valence-electron chi connectivity index (χ1n) is 8.15. The molecule has 0 bridgehead atoms. The standard InChI is InChI=1S/C19H21N3O3S/c1-19(23,14-21-26(24,25)18-12-20-22(2)13-18)17-10-8-16(9-11-17)15-6-4-3-5-7-15/h3-13,21,23H,14H2,1-2H3. The Morgan fingerprint density at radius 2 is 1.69 bits per heavy atom. The third kappa shape index (κ3) is 4.01. The fourth-order valence-corrected chi connectivity index (χ4v) is 3.73. The van der Waals surface area contributed by atoms with E-state index in [0.29, 0.717) is 5.56 Å². The summed E-state index contributed by atoms with van der Waals surface area (Å²) < 4.78 is 28.4. The summed E-state index contributed by atoms with van der Waals surface area (Å²) in [4.78, 5) is 0.0650. The molecule has 26 heavy (non-hydrogen) atoms. The Kier molecular flexibility index (Phi) is 4.95. The van der Waals surface area contributed by atoms with Gasteiger partial charge in [0.05, 0.1) is 6.20 Å². The van der Waals surface area contributed by atoms with Gasteiger partial charge < -0.3 is 5.11 Å². The van der Waals surface area contributed by atoms with Crippen molar-refractivity contribution in [3.05, 3.63) is 72.6 Å². The highest BCUT2D eigenvalue weighted by atomic mass is 32.2. The predicted molar refractivity (Wildman–Crippen MR) is 99.8 cm³/mol. The normalized spacial score (nSPS) is 14.1. The molecule has 3 rings (SSSR count). The zero-order chi connectivity index (χ0) is 18.8. The van der Waals surface area contributed by atoms with Crippen LogP contribution in [0.2, 0.25) is 0 Å². The third-order valence-corrected chi connectivity index (χ3v) is 5.57. The van der Waals surface area contributed by atoms with Crippen LogP contribution in [0, 0.1) is 0 Å². The highest BCUT2D eigenvalue weighted by molar-refractivity contribution is 7.89. The van der Waals surface area contributed by atoms with Gasteiger partial charge in [0, 0.05) is 19.8 Å². The molecule has 2 N–H and O–H groups in total. The van der Waals surface area contributed by atoms with E-state index < -0.39 is 15.6 Å². The zero-order valence-electron chi connectivity index (χ0n) is 14.6. The van der Waals surface area contributed by atoms with Crippen LogP contribution in [0.4, 0.5) is 0 Å². The maximum absolute atomic E-state index is 12.3. The molecule has 136 valence electrons. The van der Waals surface area contributed by atoms with Crippen LogP contribution in [0.1, 0.15) is 12.5 Å². The van der Waals surface area contributed by atoms with Crippen LogP contribution >= 0.6 is 0 Å². The number of nitrogens with one attached hydrogen (secondary N) is 1. The van der Waals surface area contributed by atoms with Gasteiger partial charge in [0.25, 0.3) is 0 Å². The number of sulfonamides is 1. The van der Waals surface area contributed by atoms with E-state index in [1.165, 1.54) is 17.1 Å². The van der Waals surface area contributed by atoms with Crippen molar-refractivity contribution in [1.29, 1.82) is 0 Å². The molecule has 1 unspecified atom stereocenters. The zero-order valence-corrected chi connectivity index (χ0v) is 15.4. The Bertz CT molecular complexity index is 978. The van der Waals surface area contributed by atoms with Crippen LogP contribution < -0.4 is 4.72 Å². The van der Waals surface area contributed by atoms with Crippen molar-refractivity contribution in [3.8, 4) is 11.1 Å². The van der Waals surface area contributed by atoms with E-state index in [0.717, 1.165) is 11.1 Å². The Hall–Kier alpha value is -2.48. The van der Waals surface area contributed by atoms with Gasteiger partial charge in [-0.2, -0.15) is 5.10 Å². The first-order valence-corrected chi connectivity index (χ1v) is 9.63. The quantitative estimate of drug-likeness (QED) is 0.696. The average Bonchev–Trinajstić information content (AvgIpc) is 3.09. The molecule has 0 aliphatic heterocycles. The van der Waals surface area contributed by atoms with Crippen LogP contribution in [0.3, 0.4) is 0 Å². The molecule has 1 heterocycles. The molecule has 2 aromatic carbocycles. The van der Waals surface area contributed by atoms with Crippen molar-refractivity contribution in [1.82, 2.24) is 14.5 Å². The van der Waals surface area contributed by atoms with Crippen molar-refractivity contribution in [2.75, 3.05) is 6.54 Å². The van der Waals surface area contributed by atoms with Crippen LogP contribution in [-0.2, 0) is 22.7 Å². The number of benzene rings is 2. The molecule has 0 fully saturated rings. The fraction of sp³-hybridized carbons (Fsp3) is 0.211. The maximum atomic E-state index is 12.3. The number of aromatic nitrogens is 2. The van der Waals surface area contributed by atoms with E-state index in [1.807, 2.05) is 42.5 Å². The fourth-order valence-electron chi connectivity index (χ4n) is 2.61. The monoisotopic (exact) mass is 371 g/mol. The van der Waals surface area contributed by atoms with Crippen molar-refractivity contribution >= 4 is 10.0 Å². The number of rotatable bonds is 6. The average molecular weight is 371 g/mol. The van der Waals surface area contributed by atoms with Gasteiger partial charge >= 0.3 is 0 Å². The van der Waals surface area contributed by atoms with Gasteiger partial charge in [-0.3, -0.25) is 4.68 Å². The molecule has 6 nitrogen and oxygen atoms in total. The van der Waals surface area contributed by atoms with Crippen molar-refractivity contribution in [2.24, 2.45) is 7.05 Å². The lowest BCUT2D eigenvalue weighted by Crippen LogP contribution is -2.38. The molecule has 1 atom stereocenters. The summed E-state index contributed by atoms with van der Waals surface area (Å²) in [6.07, 6.45) is 2.68. The second-order valence-corrected chi connectivity index (χ2v) is 8.16. The first-order chi connectivity index (χ1) is 12.3. The lowest BCUT2D eigenvalue weighted by atomic mass is 9.94. The smallest absolute Gasteiger partial charge is 0.243 e. The number of hydrogen-bond donors (Lipinski definition) is 2. The first kappa shape index (κ1) is 18.3. The van der Waals surface area contributed by atoms with Gasteiger partial charge in [0.15, 0.2) is 0 Å². The van der Waals surface area contributed by atoms with Crippen molar-refractivity contribution < 1.29 is 13.5 Å². The second kappa shape index (κ2) is 7.03. The Labute approximate surface area is 153 Å². The largest absolute Gasteiger partial charge is 0.384 e. The maximum Gasteiger partial charge on any atom is 0.243 e. The molecule has 0 radical (unpaired) electrons. The molecule has 0 aliphatic rings. The SMILES string of the molecule is Cn1cc(S(=O)(=O)NCC(C)(O)c2ccc(-c3ccccc3)cc2)cn1. The van der Waals surface area contributed by atoms with E-state index in [1.54, 1.807) is 26.1 Å². The Morgan fingerprint density at radius 1 is 1.08 bits per heavy atom. The Balaban J connectivity index is 1.74. The minimum Gasteiger partial charge on any atom is -0.384 e. The summed E-state index contributed by atoms with van der Waals surface area (Å²) in [6.45, 7) is 1.44. The van der Waals surface area contributed by atoms with E-state index in [4.69, 9.17) is 0 Å². The summed E-state index contributed by atoms with van der Waals surface area (Å²) in [5.41, 5.74) is 1.40. The van der Waals surface area contributed by atoms with E-state index >= 15 is 0 Å². The summed E-state index contributed by atoms with van der Waals surface area (Å²) >= 11 is 0. The van der Waals surface area contributed by atoms with Crippen molar-refractivity contribution in [2.45, 2.75) is 17.4 Å². The van der Waals surface area contributed by atoms with E-state index in [9.17, 15) is 13.5 Å². The summed E-state index contributed by atoms with van der Waals surface area (Å²) in [7, 11) is -2.08. The van der Waals surface area contributed by atoms with Gasteiger partial charge in [-0.15, -0.1) is 0 Å². The van der Waals surface area contributed by atoms with Crippen LogP contribution in [0.5, 0.6) is 0 Å². The molecule has 7 heteroatoms. The van der Waals surface area contributed by atoms with Crippen LogP contribution in [-0.4, -0.2) is 29.8 Å². The number of hydrogen-bond acceptors (Lipinski definition) is 4. The minimum atomic E-state index is -3.73. The molecule has 0 aliphatic carbocycles. The predicted octanol–water partition coefficient (Wildman–Crippen LogP) is 2.27. The molecular formula is C19H21N3O3S. The molecule has 0 spiro atoms. The lowest BCUT2D eigenvalue weighted by molar-refractivity contribution is 0.0627. The van der Waals surface area contributed by atoms with Gasteiger partial charge in [-0.25, -0.2) is 13.1 Å². The molecule has 1 aromatic heterocycles. The van der Waals surface area contributed by atoms with Gasteiger partial charge in [-0.1, -0.05) is 54.6 Å². The van der Waals surface area contributed by atoms with Crippen molar-refractivity contribution in [3.63, 3.8) is 0 Å². The van der Waals surface area contributed by atoms with Gasteiger partial charge in [0.1, 0.15) is 10.5 Å². The van der Waals surface area contributed by atoms with Gasteiger partial charge in [-0.05, 0) is 23.6 Å². The highest BCUT2D eigenvalue weighted by Crippen LogP contribution is 2.25. The topological polar surface area (TPSA) is 84.2 Å². The van der Waals surface area contributed by atoms with E-state index in [-0.39, 0.29) is 11.4 Å². The molecule has 3 aromatic rings. The molecular weight excluding hydrogens is 350 g/mol. The number of aryl methyl sites for hydroxylation is 1. The van der Waals surface area contributed by atoms with E-state index in [2.05, 4.69) is 9.82 Å². The summed E-state index contributed by atoms with van der Waals surface area (Å²) in [5, 5.41) is 14.6. The second-order valence-electron chi connectivity index (χ2n) is 6.39.